The van der Waals surface area contributed by atoms with Gasteiger partial charge in [0.25, 0.3) is 0 Å². The quantitative estimate of drug-likeness (QED) is 0.0261. The number of unbranched alkanes of at least 4 members (excludes halogenated alkanes) is 21. The van der Waals surface area contributed by atoms with Crippen molar-refractivity contribution in [2.75, 3.05) is 13.2 Å². The molecule has 0 fully saturated rings. The van der Waals surface area contributed by atoms with Crippen molar-refractivity contribution >= 4 is 17.9 Å². The number of allylic oxidation sites excluding steroid dienone is 20. The van der Waals surface area contributed by atoms with E-state index < -0.39 is 6.10 Å². The van der Waals surface area contributed by atoms with E-state index in [9.17, 15) is 14.4 Å². The first-order valence-electron chi connectivity index (χ1n) is 29.5. The third-order valence-corrected chi connectivity index (χ3v) is 12.2. The van der Waals surface area contributed by atoms with Crippen LogP contribution >= 0.6 is 0 Å². The van der Waals surface area contributed by atoms with Gasteiger partial charge in [0.1, 0.15) is 13.2 Å². The molecule has 0 aromatic heterocycles. The molecule has 0 N–H and O–H groups in total. The van der Waals surface area contributed by atoms with Crippen molar-refractivity contribution < 1.29 is 28.6 Å². The molecule has 6 heteroatoms. The van der Waals surface area contributed by atoms with Gasteiger partial charge in [0.2, 0.25) is 0 Å². The van der Waals surface area contributed by atoms with Crippen LogP contribution in [0.3, 0.4) is 0 Å². The molecule has 0 rings (SSSR count). The SMILES string of the molecule is CC/C=C\C/C=C\C/C=C\C/C=C\C/C=C\C/C=C\C/C=C\CCCCCCCC(=O)OCC(COC(=O)CCCCCCCC)OC(=O)CCCCCCCC/C=C\C/C=C\C/C=C\CCCCCCC. The third-order valence-electron chi connectivity index (χ3n) is 12.2. The molecule has 0 saturated heterocycles. The van der Waals surface area contributed by atoms with Crippen LogP contribution < -0.4 is 0 Å². The van der Waals surface area contributed by atoms with Crippen LogP contribution in [-0.4, -0.2) is 37.2 Å². The molecule has 0 amide bonds. The zero-order chi connectivity index (χ0) is 52.2. The second-order valence-corrected chi connectivity index (χ2v) is 19.2. The van der Waals surface area contributed by atoms with Crippen molar-refractivity contribution in [2.24, 2.45) is 0 Å². The van der Waals surface area contributed by atoms with E-state index in [1.807, 2.05) is 0 Å². The number of esters is 3. The van der Waals surface area contributed by atoms with Gasteiger partial charge in [0.15, 0.2) is 6.10 Å². The molecule has 0 spiro atoms. The fourth-order valence-corrected chi connectivity index (χ4v) is 7.78. The molecule has 0 heterocycles. The average molecular weight is 998 g/mol. The Morgan fingerprint density at radius 1 is 0.292 bits per heavy atom. The van der Waals surface area contributed by atoms with Gasteiger partial charge in [-0.15, -0.1) is 0 Å². The van der Waals surface area contributed by atoms with E-state index in [-0.39, 0.29) is 31.1 Å². The van der Waals surface area contributed by atoms with Crippen LogP contribution in [0.2, 0.25) is 0 Å². The van der Waals surface area contributed by atoms with E-state index in [1.165, 1.54) is 70.6 Å². The van der Waals surface area contributed by atoms with Gasteiger partial charge in [-0.3, -0.25) is 14.4 Å². The fraction of sp³-hybridized carbons (Fsp3) is 0.652. The van der Waals surface area contributed by atoms with Crippen LogP contribution in [0.1, 0.15) is 258 Å². The Hall–Kier alpha value is -4.19. The molecule has 0 aliphatic rings. The lowest BCUT2D eigenvalue weighted by atomic mass is 10.1. The van der Waals surface area contributed by atoms with Gasteiger partial charge >= 0.3 is 17.9 Å². The van der Waals surface area contributed by atoms with Gasteiger partial charge in [-0.25, -0.2) is 0 Å². The van der Waals surface area contributed by atoms with Crippen molar-refractivity contribution in [1.29, 1.82) is 0 Å². The van der Waals surface area contributed by atoms with Crippen molar-refractivity contribution in [3.05, 3.63) is 122 Å². The summed E-state index contributed by atoms with van der Waals surface area (Å²) >= 11 is 0. The fourth-order valence-electron chi connectivity index (χ4n) is 7.78. The van der Waals surface area contributed by atoms with E-state index in [0.29, 0.717) is 19.3 Å². The van der Waals surface area contributed by atoms with Crippen molar-refractivity contribution in [3.63, 3.8) is 0 Å². The third kappa shape index (κ3) is 56.7. The van der Waals surface area contributed by atoms with E-state index in [2.05, 4.69) is 142 Å². The van der Waals surface area contributed by atoms with Crippen LogP contribution in [0.4, 0.5) is 0 Å². The smallest absolute Gasteiger partial charge is 0.306 e. The highest BCUT2D eigenvalue weighted by Crippen LogP contribution is 2.14. The van der Waals surface area contributed by atoms with Crippen LogP contribution in [-0.2, 0) is 28.6 Å². The van der Waals surface area contributed by atoms with Gasteiger partial charge in [-0.1, -0.05) is 245 Å². The lowest BCUT2D eigenvalue weighted by Crippen LogP contribution is -2.30. The zero-order valence-electron chi connectivity index (χ0n) is 46.7. The average Bonchev–Trinajstić information content (AvgIpc) is 3.38. The summed E-state index contributed by atoms with van der Waals surface area (Å²) in [6.45, 7) is 6.42. The zero-order valence-corrected chi connectivity index (χ0v) is 46.7. The van der Waals surface area contributed by atoms with Crippen LogP contribution in [0.5, 0.6) is 0 Å². The van der Waals surface area contributed by atoms with Crippen LogP contribution in [0.15, 0.2) is 122 Å². The number of rotatable bonds is 52. The first-order valence-corrected chi connectivity index (χ1v) is 29.5. The summed E-state index contributed by atoms with van der Waals surface area (Å²) in [6, 6.07) is 0. The van der Waals surface area contributed by atoms with Gasteiger partial charge in [0.05, 0.1) is 0 Å². The predicted octanol–water partition coefficient (Wildman–Crippen LogP) is 20.0. The summed E-state index contributed by atoms with van der Waals surface area (Å²) in [7, 11) is 0. The summed E-state index contributed by atoms with van der Waals surface area (Å²) < 4.78 is 16.7. The Bertz CT molecular complexity index is 1520. The topological polar surface area (TPSA) is 78.9 Å². The Morgan fingerprint density at radius 2 is 0.542 bits per heavy atom. The van der Waals surface area contributed by atoms with Gasteiger partial charge in [-0.05, 0) is 116 Å². The molecule has 72 heavy (non-hydrogen) atoms. The normalized spacial score (nSPS) is 13.0. The summed E-state index contributed by atoms with van der Waals surface area (Å²) in [4.78, 5) is 37.9. The molecule has 6 nitrogen and oxygen atoms in total. The monoisotopic (exact) mass is 997 g/mol. The minimum absolute atomic E-state index is 0.0924. The van der Waals surface area contributed by atoms with Gasteiger partial charge < -0.3 is 14.2 Å². The number of ether oxygens (including phenoxy) is 3. The highest BCUT2D eigenvalue weighted by molar-refractivity contribution is 5.71. The molecule has 0 aliphatic heterocycles. The summed E-state index contributed by atoms with van der Waals surface area (Å²) in [5.41, 5.74) is 0. The Morgan fingerprint density at radius 3 is 0.847 bits per heavy atom. The first-order chi connectivity index (χ1) is 35.5. The minimum Gasteiger partial charge on any atom is -0.462 e. The number of hydrogen-bond acceptors (Lipinski definition) is 6. The number of hydrogen-bond donors (Lipinski definition) is 0. The molecular formula is C66H108O6. The molecule has 1 atom stereocenters. The molecule has 0 bridgehead atoms. The van der Waals surface area contributed by atoms with E-state index >= 15 is 0 Å². The van der Waals surface area contributed by atoms with E-state index in [1.54, 1.807) is 0 Å². The minimum atomic E-state index is -0.794. The first kappa shape index (κ1) is 67.8. The molecule has 408 valence electrons. The Balaban J connectivity index is 4.24. The maximum absolute atomic E-state index is 12.8. The van der Waals surface area contributed by atoms with Crippen LogP contribution in [0, 0.1) is 0 Å². The standard InChI is InChI=1S/C66H108O6/c1-4-7-10-13-16-18-20-22-24-26-28-30-31-32-33-34-35-37-38-40-42-44-46-48-50-53-56-59-65(68)71-62-63(61-70-64(67)58-55-52-15-12-9-6-3)72-66(69)60-57-54-51-49-47-45-43-41-39-36-29-27-25-23-21-19-17-14-11-8-5-2/h7,10,16,18,21-24,27-30,32-33,35,37,39-42,63H,4-6,8-9,11-15,17,19-20,25-26,31,34,36,38,43-62H2,1-3H3/b10-7-,18-16-,23-21-,24-22-,29-27-,30-28-,33-32-,37-35-,41-39-,42-40-. The number of carbonyl (C=O) groups excluding carboxylic acids is 3. The van der Waals surface area contributed by atoms with Gasteiger partial charge in [-0.2, -0.15) is 0 Å². The molecule has 0 aromatic rings. The maximum atomic E-state index is 12.8. The van der Waals surface area contributed by atoms with E-state index in [0.717, 1.165) is 148 Å². The van der Waals surface area contributed by atoms with Crippen LogP contribution in [0.25, 0.3) is 0 Å². The maximum Gasteiger partial charge on any atom is 0.306 e. The largest absolute Gasteiger partial charge is 0.462 e. The second-order valence-electron chi connectivity index (χ2n) is 19.2. The Labute approximate surface area is 443 Å². The molecule has 0 aromatic carbocycles. The Kier molecular flexibility index (Phi) is 55.9. The highest BCUT2D eigenvalue weighted by atomic mass is 16.6. The number of carbonyl (C=O) groups is 3. The summed E-state index contributed by atoms with van der Waals surface area (Å²) in [5.74, 6) is -0.937. The molecule has 0 radical (unpaired) electrons. The molecule has 0 saturated carbocycles. The second kappa shape index (κ2) is 59.4. The summed E-state index contributed by atoms with van der Waals surface area (Å²) in [6.07, 6.45) is 82.2. The van der Waals surface area contributed by atoms with Crippen molar-refractivity contribution in [3.8, 4) is 0 Å². The lowest BCUT2D eigenvalue weighted by molar-refractivity contribution is -0.167. The molecule has 0 aliphatic carbocycles. The van der Waals surface area contributed by atoms with Gasteiger partial charge in [0, 0.05) is 19.3 Å². The lowest BCUT2D eigenvalue weighted by Gasteiger charge is -2.18. The van der Waals surface area contributed by atoms with Crippen molar-refractivity contribution in [2.45, 2.75) is 264 Å². The van der Waals surface area contributed by atoms with Crippen molar-refractivity contribution in [1.82, 2.24) is 0 Å². The highest BCUT2D eigenvalue weighted by Gasteiger charge is 2.19. The van der Waals surface area contributed by atoms with E-state index in [4.69, 9.17) is 14.2 Å². The molecular weight excluding hydrogens is 889 g/mol. The summed E-state index contributed by atoms with van der Waals surface area (Å²) in [5, 5.41) is 0. The molecule has 1 unspecified atom stereocenters. The predicted molar refractivity (Wildman–Crippen MR) is 311 cm³/mol.